The van der Waals surface area contributed by atoms with Crippen molar-refractivity contribution < 1.29 is 13.5 Å². The van der Waals surface area contributed by atoms with Crippen LogP contribution in [0, 0.1) is 5.92 Å². The Balaban J connectivity index is 1.74. The molecule has 20 heavy (non-hydrogen) atoms. The normalized spacial score (nSPS) is 23.6. The largest absolute Gasteiger partial charge is 0.393 e. The van der Waals surface area contributed by atoms with Crippen molar-refractivity contribution in [1.29, 1.82) is 0 Å². The van der Waals surface area contributed by atoms with E-state index >= 15 is 0 Å². The van der Waals surface area contributed by atoms with Gasteiger partial charge in [0.15, 0.2) is 0 Å². The number of aryl methyl sites for hydroxylation is 1. The van der Waals surface area contributed by atoms with Crippen molar-refractivity contribution in [3.63, 3.8) is 0 Å². The fourth-order valence-electron chi connectivity index (χ4n) is 2.56. The summed E-state index contributed by atoms with van der Waals surface area (Å²) in [5, 5.41) is 9.43. The van der Waals surface area contributed by atoms with Gasteiger partial charge >= 0.3 is 0 Å². The van der Waals surface area contributed by atoms with E-state index in [0.717, 1.165) is 31.2 Å². The second-order valence-corrected chi connectivity index (χ2v) is 7.50. The van der Waals surface area contributed by atoms with Crippen LogP contribution in [0.25, 0.3) is 0 Å². The number of rotatable bonds is 6. The molecule has 1 aliphatic carbocycles. The fraction of sp³-hybridized carbons (Fsp3) is 0.600. The maximum atomic E-state index is 12.0. The summed E-state index contributed by atoms with van der Waals surface area (Å²) in [5.41, 5.74) is 1.04. The lowest BCUT2D eigenvalue weighted by atomic mass is 9.88. The molecule has 0 unspecified atom stereocenters. The molecule has 2 rings (SSSR count). The van der Waals surface area contributed by atoms with E-state index in [4.69, 9.17) is 0 Å². The van der Waals surface area contributed by atoms with E-state index < -0.39 is 10.0 Å². The minimum Gasteiger partial charge on any atom is -0.393 e. The van der Waals surface area contributed by atoms with Gasteiger partial charge in [-0.1, -0.05) is 30.3 Å². The third-order valence-electron chi connectivity index (χ3n) is 3.91. The minimum absolute atomic E-state index is 0.131. The van der Waals surface area contributed by atoms with Crippen molar-refractivity contribution in [1.82, 2.24) is 4.72 Å². The fourth-order valence-corrected chi connectivity index (χ4v) is 3.70. The highest BCUT2D eigenvalue weighted by Gasteiger charge is 2.21. The molecule has 0 radical (unpaired) electrons. The zero-order valence-corrected chi connectivity index (χ0v) is 12.5. The van der Waals surface area contributed by atoms with Gasteiger partial charge in [-0.05, 0) is 43.6 Å². The summed E-state index contributed by atoms with van der Waals surface area (Å²) in [6.07, 6.45) is 3.73. The van der Waals surface area contributed by atoms with Crippen molar-refractivity contribution in [3.8, 4) is 0 Å². The van der Waals surface area contributed by atoms with Crippen LogP contribution in [-0.4, -0.2) is 31.9 Å². The van der Waals surface area contributed by atoms with Gasteiger partial charge in [0.05, 0.1) is 11.9 Å². The average Bonchev–Trinajstić information content (AvgIpc) is 2.46. The lowest BCUT2D eigenvalue weighted by Gasteiger charge is -2.25. The first-order valence-corrected chi connectivity index (χ1v) is 8.90. The molecule has 1 fully saturated rings. The van der Waals surface area contributed by atoms with Crippen molar-refractivity contribution in [2.75, 3.05) is 12.3 Å². The highest BCUT2D eigenvalue weighted by molar-refractivity contribution is 7.89. The lowest BCUT2D eigenvalue weighted by molar-refractivity contribution is 0.109. The molecule has 1 aromatic rings. The molecule has 0 atom stereocenters. The average molecular weight is 297 g/mol. The number of hydrogen-bond donors (Lipinski definition) is 2. The summed E-state index contributed by atoms with van der Waals surface area (Å²) in [7, 11) is -3.21. The number of benzene rings is 1. The SMILES string of the molecule is O=S(=O)(CCc1ccccc1)NCC1CCC(O)CC1. The Morgan fingerprint density at radius 1 is 1.10 bits per heavy atom. The summed E-state index contributed by atoms with van der Waals surface area (Å²) in [6.45, 7) is 0.504. The van der Waals surface area contributed by atoms with Gasteiger partial charge in [-0.2, -0.15) is 0 Å². The Kier molecular flexibility index (Phi) is 5.57. The van der Waals surface area contributed by atoms with E-state index in [9.17, 15) is 13.5 Å². The number of aliphatic hydroxyl groups excluding tert-OH is 1. The van der Waals surface area contributed by atoms with Gasteiger partial charge in [-0.15, -0.1) is 0 Å². The Bertz CT molecular complexity index is 493. The molecule has 1 saturated carbocycles. The lowest BCUT2D eigenvalue weighted by Crippen LogP contribution is -2.34. The predicted molar refractivity (Wildman–Crippen MR) is 79.9 cm³/mol. The van der Waals surface area contributed by atoms with Crippen LogP contribution >= 0.6 is 0 Å². The molecule has 0 spiro atoms. The van der Waals surface area contributed by atoms with E-state index in [1.165, 1.54) is 0 Å². The van der Waals surface area contributed by atoms with Crippen LogP contribution in [-0.2, 0) is 16.4 Å². The van der Waals surface area contributed by atoms with Crippen molar-refractivity contribution in [2.24, 2.45) is 5.92 Å². The Labute approximate surface area is 121 Å². The Hall–Kier alpha value is -0.910. The van der Waals surface area contributed by atoms with Gasteiger partial charge in [-0.25, -0.2) is 13.1 Å². The maximum Gasteiger partial charge on any atom is 0.211 e. The second kappa shape index (κ2) is 7.20. The maximum absolute atomic E-state index is 12.0. The van der Waals surface area contributed by atoms with Crippen LogP contribution < -0.4 is 4.72 Å². The van der Waals surface area contributed by atoms with E-state index in [0.29, 0.717) is 18.9 Å². The van der Waals surface area contributed by atoms with E-state index in [-0.39, 0.29) is 11.9 Å². The number of aliphatic hydroxyl groups is 1. The van der Waals surface area contributed by atoms with Crippen molar-refractivity contribution in [2.45, 2.75) is 38.2 Å². The molecule has 1 aliphatic rings. The molecular formula is C15H23NO3S. The first-order chi connectivity index (χ1) is 9.55. The van der Waals surface area contributed by atoms with Crippen LogP contribution in [0.3, 0.4) is 0 Å². The van der Waals surface area contributed by atoms with Gasteiger partial charge in [0, 0.05) is 6.54 Å². The second-order valence-electron chi connectivity index (χ2n) is 5.58. The number of hydrogen-bond acceptors (Lipinski definition) is 3. The van der Waals surface area contributed by atoms with Gasteiger partial charge in [-0.3, -0.25) is 0 Å². The molecule has 0 aliphatic heterocycles. The van der Waals surface area contributed by atoms with Gasteiger partial charge in [0.2, 0.25) is 10.0 Å². The van der Waals surface area contributed by atoms with Gasteiger partial charge < -0.3 is 5.11 Å². The molecular weight excluding hydrogens is 274 g/mol. The summed E-state index contributed by atoms with van der Waals surface area (Å²) in [6, 6.07) is 9.65. The predicted octanol–water partition coefficient (Wildman–Crippen LogP) is 1.70. The Morgan fingerprint density at radius 2 is 1.75 bits per heavy atom. The van der Waals surface area contributed by atoms with E-state index in [1.807, 2.05) is 30.3 Å². The number of nitrogens with one attached hydrogen (secondary N) is 1. The third-order valence-corrected chi connectivity index (χ3v) is 5.26. The van der Waals surface area contributed by atoms with Gasteiger partial charge in [0.25, 0.3) is 0 Å². The molecule has 0 saturated heterocycles. The standard InChI is InChI=1S/C15H23NO3S/c17-15-8-6-14(7-9-15)12-16-20(18,19)11-10-13-4-2-1-3-5-13/h1-5,14-17H,6-12H2. The topological polar surface area (TPSA) is 66.4 Å². The molecule has 5 heteroatoms. The summed E-state index contributed by atoms with van der Waals surface area (Å²) >= 11 is 0. The quantitative estimate of drug-likeness (QED) is 0.840. The zero-order valence-electron chi connectivity index (χ0n) is 11.7. The van der Waals surface area contributed by atoms with Crippen molar-refractivity contribution in [3.05, 3.63) is 35.9 Å². The van der Waals surface area contributed by atoms with Crippen LogP contribution in [0.5, 0.6) is 0 Å². The molecule has 0 bridgehead atoms. The summed E-state index contributed by atoms with van der Waals surface area (Å²) in [5.74, 6) is 0.497. The smallest absolute Gasteiger partial charge is 0.211 e. The monoisotopic (exact) mass is 297 g/mol. The molecule has 1 aromatic carbocycles. The molecule has 0 amide bonds. The molecule has 0 heterocycles. The molecule has 112 valence electrons. The Morgan fingerprint density at radius 3 is 2.40 bits per heavy atom. The minimum atomic E-state index is -3.21. The van der Waals surface area contributed by atoms with Gasteiger partial charge in [0.1, 0.15) is 0 Å². The highest BCUT2D eigenvalue weighted by atomic mass is 32.2. The molecule has 2 N–H and O–H groups in total. The van der Waals surface area contributed by atoms with Crippen molar-refractivity contribution >= 4 is 10.0 Å². The van der Waals surface area contributed by atoms with Crippen LogP contribution in [0.1, 0.15) is 31.2 Å². The zero-order chi connectivity index (χ0) is 14.4. The van der Waals surface area contributed by atoms with E-state index in [2.05, 4.69) is 4.72 Å². The van der Waals surface area contributed by atoms with E-state index in [1.54, 1.807) is 0 Å². The summed E-state index contributed by atoms with van der Waals surface area (Å²) < 4.78 is 26.6. The van der Waals surface area contributed by atoms with Crippen LogP contribution in [0.4, 0.5) is 0 Å². The highest BCUT2D eigenvalue weighted by Crippen LogP contribution is 2.23. The summed E-state index contributed by atoms with van der Waals surface area (Å²) in [4.78, 5) is 0. The molecule has 0 aromatic heterocycles. The number of sulfonamides is 1. The van der Waals surface area contributed by atoms with Crippen LogP contribution in [0.15, 0.2) is 30.3 Å². The first kappa shape index (κ1) is 15.5. The first-order valence-electron chi connectivity index (χ1n) is 7.24. The third kappa shape index (κ3) is 5.23. The van der Waals surface area contributed by atoms with Crippen LogP contribution in [0.2, 0.25) is 0 Å². The molecule has 4 nitrogen and oxygen atoms in total.